The highest BCUT2D eigenvalue weighted by molar-refractivity contribution is 5.97. The number of carbonyl (C=O) groups is 2. The number of anilines is 1. The molecule has 0 spiro atoms. The molecule has 13 heteroatoms. The van der Waals surface area contributed by atoms with E-state index in [1.165, 1.54) is 26.3 Å². The molecular weight excluding hydrogens is 493 g/mol. The number of rotatable bonds is 8. The Kier molecular flexibility index (Phi) is 7.84. The monoisotopic (exact) mass is 517 g/mol. The van der Waals surface area contributed by atoms with Crippen molar-refractivity contribution in [1.29, 1.82) is 0 Å². The highest BCUT2D eigenvalue weighted by atomic mass is 19.4. The Hall–Kier alpha value is -3.32. The summed E-state index contributed by atoms with van der Waals surface area (Å²) in [6.45, 7) is 1.73. The molecule has 1 aliphatic rings. The number of alkyl halides is 3. The van der Waals surface area contributed by atoms with E-state index >= 15 is 0 Å². The van der Waals surface area contributed by atoms with Gasteiger partial charge in [-0.05, 0) is 25.1 Å². The third-order valence-corrected chi connectivity index (χ3v) is 6.18. The molecule has 1 aromatic carbocycles. The van der Waals surface area contributed by atoms with Gasteiger partial charge in [0.15, 0.2) is 17.2 Å². The van der Waals surface area contributed by atoms with Gasteiger partial charge in [-0.3, -0.25) is 14.6 Å². The van der Waals surface area contributed by atoms with Gasteiger partial charge in [0.25, 0.3) is 11.8 Å². The van der Waals surface area contributed by atoms with Gasteiger partial charge in [0, 0.05) is 36.4 Å². The van der Waals surface area contributed by atoms with Crippen LogP contribution < -0.4 is 15.8 Å². The quantitative estimate of drug-likeness (QED) is 0.409. The Morgan fingerprint density at radius 1 is 1.22 bits per heavy atom. The van der Waals surface area contributed by atoms with Gasteiger partial charge in [0.05, 0.1) is 6.61 Å². The summed E-state index contributed by atoms with van der Waals surface area (Å²) >= 11 is 0. The minimum Gasteiger partial charge on any atom is -0.488 e. The maximum Gasteiger partial charge on any atom is 0.417 e. The Balaban J connectivity index is 2.07. The first-order chi connectivity index (χ1) is 16.8. The van der Waals surface area contributed by atoms with Gasteiger partial charge < -0.3 is 25.3 Å². The predicted octanol–water partition coefficient (Wildman–Crippen LogP) is 3.56. The lowest BCUT2D eigenvalue weighted by Crippen LogP contribution is -2.47. The summed E-state index contributed by atoms with van der Waals surface area (Å²) in [4.78, 5) is 28.3. The number of nitrogens with one attached hydrogen (secondary N) is 1. The van der Waals surface area contributed by atoms with Crippen LogP contribution in [0.1, 0.15) is 35.8 Å². The highest BCUT2D eigenvalue weighted by Crippen LogP contribution is 2.55. The second kappa shape index (κ2) is 10.3. The van der Waals surface area contributed by atoms with Crippen molar-refractivity contribution in [3.8, 4) is 5.75 Å². The zero-order valence-electron chi connectivity index (χ0n) is 19.5. The molecule has 2 amide bonds. The number of hydrogen-bond acceptors (Lipinski definition) is 6. The minimum absolute atomic E-state index is 0.0134. The molecule has 1 fully saturated rings. The second-order valence-corrected chi connectivity index (χ2v) is 8.36. The molecule has 0 saturated carbocycles. The molecule has 0 bridgehead atoms. The lowest BCUT2D eigenvalue weighted by molar-refractivity contribution is -0.272. The number of pyridine rings is 1. The zero-order chi connectivity index (χ0) is 26.8. The molecule has 3 N–H and O–H groups in total. The van der Waals surface area contributed by atoms with E-state index in [1.807, 2.05) is 0 Å². The van der Waals surface area contributed by atoms with Gasteiger partial charge in [-0.15, -0.1) is 0 Å². The molecule has 8 nitrogen and oxygen atoms in total. The van der Waals surface area contributed by atoms with E-state index in [9.17, 15) is 31.5 Å². The number of carbonyl (C=O) groups excluding carboxylic acids is 2. The van der Waals surface area contributed by atoms with Crippen molar-refractivity contribution >= 4 is 17.5 Å². The lowest BCUT2D eigenvalue weighted by atomic mass is 9.77. The molecule has 0 aliphatic carbocycles. The first-order valence-electron chi connectivity index (χ1n) is 10.7. The summed E-state index contributed by atoms with van der Waals surface area (Å²) in [5.74, 6) is -8.09. The Morgan fingerprint density at radius 3 is 2.53 bits per heavy atom. The van der Waals surface area contributed by atoms with Crippen LogP contribution in [0.25, 0.3) is 0 Å². The van der Waals surface area contributed by atoms with Gasteiger partial charge in [-0.2, -0.15) is 17.6 Å². The van der Waals surface area contributed by atoms with Gasteiger partial charge in [-0.1, -0.05) is 13.0 Å². The lowest BCUT2D eigenvalue weighted by Gasteiger charge is -2.32. The summed E-state index contributed by atoms with van der Waals surface area (Å²) < 4.78 is 86.5. The molecule has 0 unspecified atom stereocenters. The van der Waals surface area contributed by atoms with Gasteiger partial charge >= 0.3 is 6.18 Å². The SMILES string of the molecule is COCCOc1c([C@H]2[C@H](C(=O)Nc3ccnc(C(N)=O)c3)O[C@@](C)(C(F)(F)F)[C@H]2C)ccc(F)c1F. The van der Waals surface area contributed by atoms with E-state index in [2.05, 4.69) is 10.3 Å². The Bertz CT molecular complexity index is 1150. The third-order valence-electron chi connectivity index (χ3n) is 6.18. The van der Waals surface area contributed by atoms with E-state index in [0.717, 1.165) is 25.1 Å². The van der Waals surface area contributed by atoms with Crippen LogP contribution in [0, 0.1) is 17.6 Å². The summed E-state index contributed by atoms with van der Waals surface area (Å²) in [7, 11) is 1.34. The van der Waals surface area contributed by atoms with Crippen LogP contribution >= 0.6 is 0 Å². The molecule has 1 aliphatic heterocycles. The van der Waals surface area contributed by atoms with Crippen LogP contribution in [0.5, 0.6) is 5.75 Å². The number of methoxy groups -OCH3 is 1. The smallest absolute Gasteiger partial charge is 0.417 e. The van der Waals surface area contributed by atoms with Crippen LogP contribution in [0.15, 0.2) is 30.5 Å². The van der Waals surface area contributed by atoms with Crippen LogP contribution in [0.2, 0.25) is 0 Å². The fourth-order valence-electron chi connectivity index (χ4n) is 4.06. The Labute approximate surface area is 202 Å². The molecule has 3 rings (SSSR count). The van der Waals surface area contributed by atoms with E-state index in [0.29, 0.717) is 0 Å². The van der Waals surface area contributed by atoms with Crippen molar-refractivity contribution < 1.29 is 45.8 Å². The first-order valence-corrected chi connectivity index (χ1v) is 10.7. The average molecular weight is 517 g/mol. The highest BCUT2D eigenvalue weighted by Gasteiger charge is 2.65. The van der Waals surface area contributed by atoms with Crippen LogP contribution in [-0.4, -0.2) is 55.0 Å². The van der Waals surface area contributed by atoms with Crippen molar-refractivity contribution in [1.82, 2.24) is 4.98 Å². The number of ether oxygens (including phenoxy) is 3. The number of nitrogens with zero attached hydrogens (tertiary/aromatic N) is 1. The van der Waals surface area contributed by atoms with E-state index in [1.54, 1.807) is 0 Å². The van der Waals surface area contributed by atoms with E-state index < -0.39 is 58.9 Å². The average Bonchev–Trinajstić information content (AvgIpc) is 3.09. The standard InChI is InChI=1S/C23H24F5N3O5/c1-11-16(13-4-5-14(24)17(25)18(13)35-9-8-34-3)19(36-22(11,2)23(26,27)28)21(33)31-12-6-7-30-15(10-12)20(29)32/h4-7,10-11,16,19H,8-9H2,1-3H3,(H2,29,32)(H,30,31,33)/t11-,16-,19+,22+/m0/s1. The number of benzene rings is 1. The number of primary amides is 1. The van der Waals surface area contributed by atoms with Gasteiger partial charge in [0.2, 0.25) is 5.82 Å². The molecule has 1 saturated heterocycles. The molecule has 2 aromatic rings. The maximum absolute atomic E-state index is 14.7. The fourth-order valence-corrected chi connectivity index (χ4v) is 4.06. The van der Waals surface area contributed by atoms with Crippen molar-refractivity contribution in [2.75, 3.05) is 25.6 Å². The number of amides is 2. The van der Waals surface area contributed by atoms with Crippen molar-refractivity contribution in [3.05, 3.63) is 53.4 Å². The van der Waals surface area contributed by atoms with Gasteiger partial charge in [-0.25, -0.2) is 4.39 Å². The second-order valence-electron chi connectivity index (χ2n) is 8.36. The minimum atomic E-state index is -4.91. The third kappa shape index (κ3) is 5.12. The van der Waals surface area contributed by atoms with Crippen molar-refractivity contribution in [2.24, 2.45) is 11.7 Å². The zero-order valence-corrected chi connectivity index (χ0v) is 19.5. The molecule has 1 aromatic heterocycles. The number of aromatic nitrogens is 1. The molecule has 0 radical (unpaired) electrons. The molecule has 2 heterocycles. The van der Waals surface area contributed by atoms with Crippen LogP contribution in [0.3, 0.4) is 0 Å². The van der Waals surface area contributed by atoms with Crippen LogP contribution in [0.4, 0.5) is 27.6 Å². The van der Waals surface area contributed by atoms with E-state index in [4.69, 9.17) is 19.9 Å². The normalized spacial score (nSPS) is 23.9. The number of nitrogens with two attached hydrogens (primary N) is 1. The van der Waals surface area contributed by atoms with Crippen molar-refractivity contribution in [3.63, 3.8) is 0 Å². The van der Waals surface area contributed by atoms with Crippen molar-refractivity contribution in [2.45, 2.75) is 37.6 Å². The number of halogens is 5. The van der Waals surface area contributed by atoms with Gasteiger partial charge in [0.1, 0.15) is 18.4 Å². The van der Waals surface area contributed by atoms with Crippen LogP contribution in [-0.2, 0) is 14.3 Å². The predicted molar refractivity (Wildman–Crippen MR) is 116 cm³/mol. The fraction of sp³-hybridized carbons (Fsp3) is 0.435. The molecule has 36 heavy (non-hydrogen) atoms. The maximum atomic E-state index is 14.7. The largest absolute Gasteiger partial charge is 0.488 e. The molecule has 4 atom stereocenters. The Morgan fingerprint density at radius 2 is 1.92 bits per heavy atom. The summed E-state index contributed by atoms with van der Waals surface area (Å²) in [5, 5.41) is 2.38. The topological polar surface area (TPSA) is 113 Å². The molecular formula is C23H24F5N3O5. The summed E-state index contributed by atoms with van der Waals surface area (Å²) in [6.07, 6.45) is -5.54. The molecule has 196 valence electrons. The number of hydrogen-bond donors (Lipinski definition) is 2. The summed E-state index contributed by atoms with van der Waals surface area (Å²) in [5.41, 5.74) is 2.00. The van der Waals surface area contributed by atoms with E-state index in [-0.39, 0.29) is 30.2 Å². The summed E-state index contributed by atoms with van der Waals surface area (Å²) in [6, 6.07) is 4.22. The first kappa shape index (κ1) is 27.3.